The van der Waals surface area contributed by atoms with Gasteiger partial charge in [0.1, 0.15) is 11.5 Å². The summed E-state index contributed by atoms with van der Waals surface area (Å²) in [5.74, 6) is 1.88. The maximum Gasteiger partial charge on any atom is 0.414 e. The van der Waals surface area contributed by atoms with Gasteiger partial charge >= 0.3 is 6.09 Å². The highest BCUT2D eigenvalue weighted by molar-refractivity contribution is 6.15. The Kier molecular flexibility index (Phi) is 5.86. The van der Waals surface area contributed by atoms with Crippen molar-refractivity contribution in [3.63, 3.8) is 0 Å². The van der Waals surface area contributed by atoms with Gasteiger partial charge in [0.2, 0.25) is 11.5 Å². The van der Waals surface area contributed by atoms with Crippen LogP contribution >= 0.6 is 0 Å². The number of ketones is 1. The summed E-state index contributed by atoms with van der Waals surface area (Å²) in [7, 11) is 7.71. The minimum atomic E-state index is -0.521. The monoisotopic (exact) mass is 413 g/mol. The van der Waals surface area contributed by atoms with E-state index < -0.39 is 6.09 Å². The van der Waals surface area contributed by atoms with E-state index in [4.69, 9.17) is 23.7 Å². The number of rotatable bonds is 5. The van der Waals surface area contributed by atoms with Crippen LogP contribution < -0.4 is 23.7 Å². The van der Waals surface area contributed by atoms with Crippen molar-refractivity contribution in [3.8, 4) is 28.7 Å². The Morgan fingerprint density at radius 1 is 1.00 bits per heavy atom. The molecule has 0 spiro atoms. The summed E-state index contributed by atoms with van der Waals surface area (Å²) in [4.78, 5) is 26.0. The second kappa shape index (κ2) is 8.36. The number of fused-ring (bicyclic) bond motifs is 1. The highest BCUT2D eigenvalue weighted by Crippen LogP contribution is 2.41. The molecule has 0 aliphatic carbocycles. The predicted octanol–water partition coefficient (Wildman–Crippen LogP) is 3.70. The average Bonchev–Trinajstić information content (AvgIpc) is 3.02. The SMILES string of the molecule is COc1cc(C=C2Oc3cc(OC(=O)N(C)C)cc(C)c3C2=O)cc(OC)c1OC. The summed E-state index contributed by atoms with van der Waals surface area (Å²) in [5.41, 5.74) is 1.71. The summed E-state index contributed by atoms with van der Waals surface area (Å²) < 4.78 is 27.1. The van der Waals surface area contributed by atoms with Gasteiger partial charge in [-0.3, -0.25) is 4.79 Å². The average molecular weight is 413 g/mol. The minimum absolute atomic E-state index is 0.137. The fourth-order valence-corrected chi connectivity index (χ4v) is 3.06. The molecule has 0 saturated carbocycles. The normalized spacial score (nSPS) is 13.5. The molecule has 3 rings (SSSR count). The summed E-state index contributed by atoms with van der Waals surface area (Å²) in [6, 6.07) is 6.58. The molecule has 8 nitrogen and oxygen atoms in total. The number of hydrogen-bond acceptors (Lipinski definition) is 7. The van der Waals surface area contributed by atoms with Gasteiger partial charge in [0, 0.05) is 20.2 Å². The van der Waals surface area contributed by atoms with Crippen molar-refractivity contribution < 1.29 is 33.3 Å². The van der Waals surface area contributed by atoms with Crippen LogP contribution in [0.5, 0.6) is 28.7 Å². The number of allylic oxidation sites excluding steroid dienone is 1. The van der Waals surface area contributed by atoms with Crippen molar-refractivity contribution in [1.29, 1.82) is 0 Å². The molecule has 2 aromatic carbocycles. The molecule has 0 saturated heterocycles. The van der Waals surface area contributed by atoms with Gasteiger partial charge in [0.25, 0.3) is 0 Å². The number of nitrogens with zero attached hydrogens (tertiary/aromatic N) is 1. The van der Waals surface area contributed by atoms with Crippen molar-refractivity contribution in [2.24, 2.45) is 0 Å². The molecule has 0 bridgehead atoms. The Hall–Kier alpha value is -3.68. The number of carbonyl (C=O) groups is 2. The first kappa shape index (κ1) is 21.0. The standard InChI is InChI=1S/C22H23NO7/c1-12-7-14(29-22(25)23(2)3)11-15-19(12)20(24)16(30-15)8-13-9-17(26-4)21(28-6)18(10-13)27-5/h7-11H,1-6H3. The first-order valence-electron chi connectivity index (χ1n) is 9.07. The third-order valence-corrected chi connectivity index (χ3v) is 4.50. The maximum absolute atomic E-state index is 12.9. The molecule has 8 heteroatoms. The van der Waals surface area contributed by atoms with Crippen LogP contribution in [0.15, 0.2) is 30.0 Å². The molecule has 0 N–H and O–H groups in total. The molecule has 30 heavy (non-hydrogen) atoms. The van der Waals surface area contributed by atoms with E-state index in [9.17, 15) is 9.59 Å². The van der Waals surface area contributed by atoms with Crippen LogP contribution in [-0.2, 0) is 0 Å². The highest BCUT2D eigenvalue weighted by Gasteiger charge is 2.30. The van der Waals surface area contributed by atoms with Crippen LogP contribution in [-0.4, -0.2) is 52.2 Å². The van der Waals surface area contributed by atoms with Crippen molar-refractivity contribution in [1.82, 2.24) is 4.90 Å². The summed E-state index contributed by atoms with van der Waals surface area (Å²) >= 11 is 0. The van der Waals surface area contributed by atoms with Crippen LogP contribution in [0.25, 0.3) is 6.08 Å². The zero-order chi connectivity index (χ0) is 22.0. The minimum Gasteiger partial charge on any atom is -0.493 e. The van der Waals surface area contributed by atoms with Crippen LogP contribution in [0.2, 0.25) is 0 Å². The Morgan fingerprint density at radius 3 is 2.17 bits per heavy atom. The lowest BCUT2D eigenvalue weighted by Gasteiger charge is -2.13. The van der Waals surface area contributed by atoms with Gasteiger partial charge in [-0.05, 0) is 42.3 Å². The topological polar surface area (TPSA) is 83.5 Å². The van der Waals surface area contributed by atoms with Crippen LogP contribution in [0.3, 0.4) is 0 Å². The number of benzene rings is 2. The highest BCUT2D eigenvalue weighted by atomic mass is 16.6. The van der Waals surface area contributed by atoms with Gasteiger partial charge in [0.05, 0.1) is 26.9 Å². The lowest BCUT2D eigenvalue weighted by Crippen LogP contribution is -2.25. The Bertz CT molecular complexity index is 1020. The van der Waals surface area contributed by atoms with Gasteiger partial charge in [-0.1, -0.05) is 0 Å². The van der Waals surface area contributed by atoms with Crippen LogP contribution in [0.4, 0.5) is 4.79 Å². The van der Waals surface area contributed by atoms with E-state index in [2.05, 4.69) is 0 Å². The van der Waals surface area contributed by atoms with E-state index in [1.807, 2.05) is 0 Å². The fourth-order valence-electron chi connectivity index (χ4n) is 3.06. The van der Waals surface area contributed by atoms with Crippen molar-refractivity contribution in [2.45, 2.75) is 6.92 Å². The second-order valence-electron chi connectivity index (χ2n) is 6.77. The molecule has 1 aliphatic rings. The molecule has 2 aromatic rings. The van der Waals surface area contributed by atoms with E-state index in [0.29, 0.717) is 45.4 Å². The number of ether oxygens (including phenoxy) is 5. The predicted molar refractivity (Wildman–Crippen MR) is 110 cm³/mol. The Balaban J connectivity index is 1.97. The summed E-state index contributed by atoms with van der Waals surface area (Å²) in [6.45, 7) is 1.76. The zero-order valence-corrected chi connectivity index (χ0v) is 17.7. The van der Waals surface area contributed by atoms with Crippen LogP contribution in [0, 0.1) is 6.92 Å². The van der Waals surface area contributed by atoms with E-state index >= 15 is 0 Å². The van der Waals surface area contributed by atoms with Gasteiger partial charge in [-0.25, -0.2) is 4.79 Å². The Labute approximate surface area is 174 Å². The number of amides is 1. The van der Waals surface area contributed by atoms with E-state index in [1.165, 1.54) is 32.3 Å². The summed E-state index contributed by atoms with van der Waals surface area (Å²) in [6.07, 6.45) is 1.07. The third-order valence-electron chi connectivity index (χ3n) is 4.50. The van der Waals surface area contributed by atoms with Crippen molar-refractivity contribution >= 4 is 18.0 Å². The first-order valence-corrected chi connectivity index (χ1v) is 9.07. The molecule has 1 amide bonds. The van der Waals surface area contributed by atoms with Gasteiger partial charge in [-0.2, -0.15) is 0 Å². The van der Waals surface area contributed by atoms with Gasteiger partial charge < -0.3 is 28.6 Å². The molecule has 1 aliphatic heterocycles. The van der Waals surface area contributed by atoms with Gasteiger partial charge in [-0.15, -0.1) is 0 Å². The number of carbonyl (C=O) groups excluding carboxylic acids is 2. The van der Waals surface area contributed by atoms with E-state index in [1.54, 1.807) is 45.3 Å². The van der Waals surface area contributed by atoms with Gasteiger partial charge in [0.15, 0.2) is 17.3 Å². The number of Topliss-reactive ketones (excluding diaryl/α,β-unsaturated/α-hetero) is 1. The van der Waals surface area contributed by atoms with Crippen LogP contribution in [0.1, 0.15) is 21.5 Å². The molecule has 0 atom stereocenters. The lowest BCUT2D eigenvalue weighted by molar-refractivity contribution is 0.101. The largest absolute Gasteiger partial charge is 0.493 e. The lowest BCUT2D eigenvalue weighted by atomic mass is 10.0. The Morgan fingerprint density at radius 2 is 1.63 bits per heavy atom. The van der Waals surface area contributed by atoms with E-state index in [-0.39, 0.29) is 11.5 Å². The number of aryl methyl sites for hydroxylation is 1. The number of methoxy groups -OCH3 is 3. The molecular weight excluding hydrogens is 390 g/mol. The quantitative estimate of drug-likeness (QED) is 0.691. The number of hydrogen-bond donors (Lipinski definition) is 0. The molecule has 0 unspecified atom stereocenters. The molecule has 0 aromatic heterocycles. The first-order chi connectivity index (χ1) is 14.3. The van der Waals surface area contributed by atoms with E-state index in [0.717, 1.165) is 0 Å². The second-order valence-corrected chi connectivity index (χ2v) is 6.77. The fraction of sp³-hybridized carbons (Fsp3) is 0.273. The third kappa shape index (κ3) is 3.89. The molecule has 0 fully saturated rings. The smallest absolute Gasteiger partial charge is 0.414 e. The molecular formula is C22H23NO7. The van der Waals surface area contributed by atoms with Crippen molar-refractivity contribution in [3.05, 3.63) is 46.7 Å². The van der Waals surface area contributed by atoms with Crippen molar-refractivity contribution in [2.75, 3.05) is 35.4 Å². The molecule has 0 radical (unpaired) electrons. The maximum atomic E-state index is 12.9. The molecule has 158 valence electrons. The zero-order valence-electron chi connectivity index (χ0n) is 17.7. The molecule has 1 heterocycles. The summed E-state index contributed by atoms with van der Waals surface area (Å²) in [5, 5.41) is 0.